The summed E-state index contributed by atoms with van der Waals surface area (Å²) in [6.45, 7) is 3.77. The fourth-order valence-electron chi connectivity index (χ4n) is 4.54. The minimum Gasteiger partial charge on any atom is -0.442 e. The highest BCUT2D eigenvalue weighted by molar-refractivity contribution is 5.90. The number of nitrogens with one attached hydrogen (secondary N) is 1. The first-order valence-electron chi connectivity index (χ1n) is 12.9. The van der Waals surface area contributed by atoms with Crippen LogP contribution in [0.15, 0.2) is 72.8 Å². The Morgan fingerprint density at radius 2 is 1.82 bits per heavy atom. The van der Waals surface area contributed by atoms with Crippen LogP contribution < -0.4 is 10.2 Å². The quantitative estimate of drug-likeness (QED) is 0.349. The van der Waals surface area contributed by atoms with Crippen LogP contribution in [0.4, 0.5) is 19.3 Å². The number of amides is 2. The summed E-state index contributed by atoms with van der Waals surface area (Å²) < 4.78 is 33.1. The third-order valence-corrected chi connectivity index (χ3v) is 6.56. The number of benzene rings is 3. The predicted octanol–water partition coefficient (Wildman–Crippen LogP) is 5.36. The van der Waals surface area contributed by atoms with Gasteiger partial charge in [0.15, 0.2) is 0 Å². The molecule has 3 aromatic rings. The van der Waals surface area contributed by atoms with E-state index in [1.165, 1.54) is 23.5 Å². The first-order valence-corrected chi connectivity index (χ1v) is 12.9. The minimum absolute atomic E-state index is 0.206. The zero-order valence-electron chi connectivity index (χ0n) is 21.5. The highest BCUT2D eigenvalue weighted by Crippen LogP contribution is 2.29. The molecule has 0 bridgehead atoms. The fraction of sp³-hybridized carbons (Fsp3) is 0.333. The maximum absolute atomic E-state index is 15.1. The van der Waals surface area contributed by atoms with Crippen molar-refractivity contribution in [3.05, 3.63) is 89.7 Å². The first-order chi connectivity index (χ1) is 18.4. The van der Waals surface area contributed by atoms with E-state index in [1.54, 1.807) is 12.1 Å². The molecule has 1 atom stereocenters. The number of rotatable bonds is 12. The van der Waals surface area contributed by atoms with Gasteiger partial charge in [0.05, 0.1) is 25.5 Å². The first kappa shape index (κ1) is 27.3. The molecule has 4 rings (SSSR count). The number of anilines is 1. The molecule has 1 N–H and O–H groups in total. The second-order valence-corrected chi connectivity index (χ2v) is 9.47. The van der Waals surface area contributed by atoms with Gasteiger partial charge in [0.2, 0.25) is 5.91 Å². The monoisotopic (exact) mass is 521 g/mol. The average Bonchev–Trinajstić information content (AvgIpc) is 3.30. The molecule has 1 unspecified atom stereocenters. The number of carbonyl (C=O) groups excluding carboxylic acids is 2. The van der Waals surface area contributed by atoms with E-state index in [9.17, 15) is 14.0 Å². The van der Waals surface area contributed by atoms with Crippen molar-refractivity contribution < 1.29 is 23.1 Å². The minimum atomic E-state index is -0.565. The molecule has 0 aromatic heterocycles. The number of ether oxygens (including phenoxy) is 1. The fourth-order valence-corrected chi connectivity index (χ4v) is 4.54. The molecule has 0 saturated carbocycles. The van der Waals surface area contributed by atoms with Gasteiger partial charge in [0.25, 0.3) is 0 Å². The lowest BCUT2D eigenvalue weighted by molar-refractivity contribution is -0.119. The van der Waals surface area contributed by atoms with Crippen molar-refractivity contribution in [2.45, 2.75) is 32.4 Å². The molecule has 0 spiro atoms. The van der Waals surface area contributed by atoms with Crippen LogP contribution in [0.2, 0.25) is 0 Å². The molecular weight excluding hydrogens is 488 g/mol. The Balaban J connectivity index is 1.37. The highest BCUT2D eigenvalue weighted by Gasteiger charge is 2.32. The molecule has 1 aliphatic heterocycles. The second-order valence-electron chi connectivity index (χ2n) is 9.47. The van der Waals surface area contributed by atoms with Crippen LogP contribution in [-0.2, 0) is 22.5 Å². The Bertz CT molecular complexity index is 1220. The van der Waals surface area contributed by atoms with E-state index in [4.69, 9.17) is 4.74 Å². The molecule has 3 aromatic carbocycles. The van der Waals surface area contributed by atoms with Crippen molar-refractivity contribution in [2.75, 3.05) is 37.8 Å². The molecule has 1 heterocycles. The number of carbonyl (C=O) groups is 2. The maximum atomic E-state index is 15.1. The molecule has 1 fully saturated rings. The third-order valence-electron chi connectivity index (χ3n) is 6.56. The predicted molar refractivity (Wildman–Crippen MR) is 144 cm³/mol. The van der Waals surface area contributed by atoms with Gasteiger partial charge in [-0.15, -0.1) is 0 Å². The van der Waals surface area contributed by atoms with E-state index in [0.29, 0.717) is 24.2 Å². The maximum Gasteiger partial charge on any atom is 0.414 e. The van der Waals surface area contributed by atoms with Crippen molar-refractivity contribution in [3.8, 4) is 11.1 Å². The molecule has 8 heteroatoms. The number of nitrogens with zero attached hydrogens (tertiary/aromatic N) is 2. The zero-order valence-corrected chi connectivity index (χ0v) is 21.5. The molecule has 6 nitrogen and oxygen atoms in total. The second kappa shape index (κ2) is 13.1. The Morgan fingerprint density at radius 1 is 1.05 bits per heavy atom. The van der Waals surface area contributed by atoms with Gasteiger partial charge in [-0.1, -0.05) is 54.6 Å². The van der Waals surface area contributed by atoms with E-state index in [1.807, 2.05) is 42.5 Å². The summed E-state index contributed by atoms with van der Waals surface area (Å²) in [5.74, 6) is -0.643. The van der Waals surface area contributed by atoms with Gasteiger partial charge in [-0.3, -0.25) is 19.0 Å². The number of hydrogen-bond donors (Lipinski definition) is 1. The topological polar surface area (TPSA) is 61.9 Å². The normalized spacial score (nSPS) is 15.1. The van der Waals surface area contributed by atoms with E-state index in [-0.39, 0.29) is 25.7 Å². The average molecular weight is 522 g/mol. The van der Waals surface area contributed by atoms with Gasteiger partial charge in [0, 0.05) is 32.1 Å². The Morgan fingerprint density at radius 3 is 2.50 bits per heavy atom. The lowest BCUT2D eigenvalue weighted by Gasteiger charge is -2.22. The number of hydrogen-bond acceptors (Lipinski definition) is 4. The Hall–Kier alpha value is -3.78. The largest absolute Gasteiger partial charge is 0.442 e. The van der Waals surface area contributed by atoms with Crippen LogP contribution in [-0.4, -0.2) is 55.9 Å². The van der Waals surface area contributed by atoms with Gasteiger partial charge < -0.3 is 10.1 Å². The molecule has 38 heavy (non-hydrogen) atoms. The molecule has 1 saturated heterocycles. The van der Waals surface area contributed by atoms with Crippen LogP contribution >= 0.6 is 0 Å². The van der Waals surface area contributed by atoms with E-state index < -0.39 is 18.0 Å². The smallest absolute Gasteiger partial charge is 0.414 e. The summed E-state index contributed by atoms with van der Waals surface area (Å²) >= 11 is 0. The van der Waals surface area contributed by atoms with E-state index in [0.717, 1.165) is 30.6 Å². The van der Waals surface area contributed by atoms with Crippen molar-refractivity contribution in [1.82, 2.24) is 10.2 Å². The van der Waals surface area contributed by atoms with Gasteiger partial charge in [-0.05, 0) is 47.7 Å². The summed E-state index contributed by atoms with van der Waals surface area (Å²) in [6.07, 6.45) is 0.260. The van der Waals surface area contributed by atoms with Crippen LogP contribution in [0, 0.1) is 5.82 Å². The molecule has 0 radical (unpaired) electrons. The summed E-state index contributed by atoms with van der Waals surface area (Å²) in [7, 11) is 0. The molecule has 2 amide bonds. The van der Waals surface area contributed by atoms with E-state index >= 15 is 4.39 Å². The van der Waals surface area contributed by atoms with Crippen LogP contribution in [0.3, 0.4) is 0 Å². The van der Waals surface area contributed by atoms with Crippen LogP contribution in [0.1, 0.15) is 24.5 Å². The number of alkyl halides is 1. The van der Waals surface area contributed by atoms with Crippen molar-refractivity contribution >= 4 is 17.7 Å². The summed E-state index contributed by atoms with van der Waals surface area (Å²) in [6, 6.07) is 22.6. The van der Waals surface area contributed by atoms with Crippen molar-refractivity contribution in [2.24, 2.45) is 0 Å². The Labute approximate surface area is 222 Å². The van der Waals surface area contributed by atoms with Crippen LogP contribution in [0.25, 0.3) is 11.1 Å². The van der Waals surface area contributed by atoms with Crippen molar-refractivity contribution in [1.29, 1.82) is 0 Å². The lowest BCUT2D eigenvalue weighted by atomic mass is 10.0. The summed E-state index contributed by atoms with van der Waals surface area (Å²) in [5.41, 5.74) is 3.91. The SMILES string of the molecule is CC(=O)NCC1CN(c2ccc(-c3ccc(CCN(CCCF)Cc4ccccc4)cc3)c(F)c2)C(=O)O1. The molecule has 0 aliphatic carbocycles. The highest BCUT2D eigenvalue weighted by atomic mass is 19.1. The van der Waals surface area contributed by atoms with E-state index in [2.05, 4.69) is 22.3 Å². The standard InChI is InChI=1S/C30H33F2N3O3/c1-22(36)33-19-27-21-35(30(37)38-27)26-12-13-28(29(32)18-26)25-10-8-23(9-11-25)14-17-34(16-5-15-31)20-24-6-3-2-4-7-24/h2-4,6-13,18,27H,5,14-17,19-21H2,1H3,(H,33,36). The number of halogens is 2. The zero-order chi connectivity index (χ0) is 26.9. The summed E-state index contributed by atoms with van der Waals surface area (Å²) in [5, 5.41) is 2.63. The Kier molecular flexibility index (Phi) is 9.43. The number of cyclic esters (lactones) is 1. The van der Waals surface area contributed by atoms with Gasteiger partial charge >= 0.3 is 6.09 Å². The van der Waals surface area contributed by atoms with Crippen molar-refractivity contribution in [3.63, 3.8) is 0 Å². The lowest BCUT2D eigenvalue weighted by Crippen LogP contribution is -2.33. The molecular formula is C30H33F2N3O3. The van der Waals surface area contributed by atoms with Crippen LogP contribution in [0.5, 0.6) is 0 Å². The summed E-state index contributed by atoms with van der Waals surface area (Å²) in [4.78, 5) is 27.0. The third kappa shape index (κ3) is 7.38. The molecule has 200 valence electrons. The molecule has 1 aliphatic rings. The van der Waals surface area contributed by atoms with Gasteiger partial charge in [0.1, 0.15) is 11.9 Å². The van der Waals surface area contributed by atoms with Gasteiger partial charge in [-0.2, -0.15) is 0 Å². The van der Waals surface area contributed by atoms with Gasteiger partial charge in [-0.25, -0.2) is 9.18 Å².